The minimum absolute atomic E-state index is 0.423. The lowest BCUT2D eigenvalue weighted by molar-refractivity contribution is 0.484. The lowest BCUT2D eigenvalue weighted by Crippen LogP contribution is -2.32. The molecule has 92 valence electrons. The van der Waals surface area contributed by atoms with Gasteiger partial charge in [-0.1, -0.05) is 41.1 Å². The van der Waals surface area contributed by atoms with Crippen LogP contribution in [0.4, 0.5) is 5.69 Å². The second-order valence-electron chi connectivity index (χ2n) is 4.43. The average molecular weight is 296 g/mol. The van der Waals surface area contributed by atoms with Crippen LogP contribution >= 0.6 is 15.9 Å². The molecule has 2 rings (SSSR count). The number of nitrogens with one attached hydrogen (secondary N) is 2. The molecule has 2 unspecified atom stereocenters. The first kappa shape index (κ1) is 12.6. The summed E-state index contributed by atoms with van der Waals surface area (Å²) < 4.78 is 0. The first-order chi connectivity index (χ1) is 8.22. The van der Waals surface area contributed by atoms with E-state index in [1.54, 1.807) is 0 Å². The SMILES string of the molecule is Cc1ccccc1N=C1NNC(CCBr)C1C. The van der Waals surface area contributed by atoms with Crippen molar-refractivity contribution in [3.63, 3.8) is 0 Å². The Hall–Kier alpha value is -0.870. The van der Waals surface area contributed by atoms with Gasteiger partial charge in [-0.2, -0.15) is 0 Å². The minimum Gasteiger partial charge on any atom is -0.309 e. The largest absolute Gasteiger partial charge is 0.309 e. The van der Waals surface area contributed by atoms with Crippen molar-refractivity contribution in [3.8, 4) is 0 Å². The van der Waals surface area contributed by atoms with Gasteiger partial charge in [0.2, 0.25) is 0 Å². The van der Waals surface area contributed by atoms with E-state index in [9.17, 15) is 0 Å². The molecule has 4 heteroatoms. The highest BCUT2D eigenvalue weighted by Gasteiger charge is 2.28. The van der Waals surface area contributed by atoms with E-state index in [-0.39, 0.29) is 0 Å². The summed E-state index contributed by atoms with van der Waals surface area (Å²) in [5, 5.41) is 1.01. The second-order valence-corrected chi connectivity index (χ2v) is 5.22. The van der Waals surface area contributed by atoms with E-state index in [4.69, 9.17) is 4.99 Å². The van der Waals surface area contributed by atoms with Crippen LogP contribution in [0.5, 0.6) is 0 Å². The molecular formula is C13H18BrN3. The average Bonchev–Trinajstić information content (AvgIpc) is 2.65. The van der Waals surface area contributed by atoms with Gasteiger partial charge in [0, 0.05) is 17.3 Å². The number of hydrogen-bond acceptors (Lipinski definition) is 2. The first-order valence-corrected chi connectivity index (χ1v) is 7.06. The van der Waals surface area contributed by atoms with Crippen molar-refractivity contribution in [1.29, 1.82) is 0 Å². The van der Waals surface area contributed by atoms with E-state index in [1.807, 2.05) is 12.1 Å². The number of aryl methyl sites for hydroxylation is 1. The Bertz CT molecular complexity index is 417. The van der Waals surface area contributed by atoms with Gasteiger partial charge in [0.15, 0.2) is 0 Å². The zero-order valence-electron chi connectivity index (χ0n) is 10.2. The zero-order chi connectivity index (χ0) is 12.3. The Morgan fingerprint density at radius 3 is 2.82 bits per heavy atom. The molecular weight excluding hydrogens is 278 g/mol. The Balaban J connectivity index is 2.16. The van der Waals surface area contributed by atoms with Crippen molar-refractivity contribution >= 4 is 27.5 Å². The van der Waals surface area contributed by atoms with Gasteiger partial charge in [0.25, 0.3) is 0 Å². The Kier molecular flexibility index (Phi) is 4.18. The molecule has 1 aliphatic heterocycles. The van der Waals surface area contributed by atoms with Crippen LogP contribution in [0.15, 0.2) is 29.3 Å². The molecule has 0 aromatic heterocycles. The molecule has 0 aliphatic carbocycles. The molecule has 0 amide bonds. The molecule has 2 atom stereocenters. The molecule has 17 heavy (non-hydrogen) atoms. The van der Waals surface area contributed by atoms with Crippen LogP contribution < -0.4 is 10.9 Å². The molecule has 0 spiro atoms. The van der Waals surface area contributed by atoms with Gasteiger partial charge < -0.3 is 5.43 Å². The number of hydrazine groups is 1. The van der Waals surface area contributed by atoms with Gasteiger partial charge >= 0.3 is 0 Å². The Labute approximate surface area is 111 Å². The highest BCUT2D eigenvalue weighted by molar-refractivity contribution is 9.09. The van der Waals surface area contributed by atoms with Gasteiger partial charge in [-0.3, -0.25) is 0 Å². The normalized spacial score (nSPS) is 26.2. The first-order valence-electron chi connectivity index (χ1n) is 5.94. The van der Waals surface area contributed by atoms with Crippen LogP contribution in [0.3, 0.4) is 0 Å². The summed E-state index contributed by atoms with van der Waals surface area (Å²) in [6.07, 6.45) is 1.10. The van der Waals surface area contributed by atoms with Crippen molar-refractivity contribution in [1.82, 2.24) is 10.9 Å². The maximum Gasteiger partial charge on any atom is 0.121 e. The lowest BCUT2D eigenvalue weighted by atomic mass is 10.0. The lowest BCUT2D eigenvalue weighted by Gasteiger charge is -2.11. The van der Waals surface area contributed by atoms with Crippen molar-refractivity contribution in [2.75, 3.05) is 5.33 Å². The van der Waals surface area contributed by atoms with E-state index < -0.39 is 0 Å². The van der Waals surface area contributed by atoms with Gasteiger partial charge in [0.1, 0.15) is 5.84 Å². The van der Waals surface area contributed by atoms with E-state index in [2.05, 4.69) is 52.8 Å². The molecule has 0 saturated carbocycles. The summed E-state index contributed by atoms with van der Waals surface area (Å²) in [4.78, 5) is 4.70. The van der Waals surface area contributed by atoms with E-state index in [1.165, 1.54) is 5.56 Å². The monoisotopic (exact) mass is 295 g/mol. The van der Waals surface area contributed by atoms with Crippen LogP contribution in [-0.4, -0.2) is 17.2 Å². The molecule has 1 saturated heterocycles. The molecule has 1 aromatic rings. The van der Waals surface area contributed by atoms with Crippen LogP contribution in [0, 0.1) is 12.8 Å². The Morgan fingerprint density at radius 1 is 1.35 bits per heavy atom. The third kappa shape index (κ3) is 2.87. The standard InChI is InChI=1S/C13H18BrN3/c1-9-5-3-4-6-11(9)15-13-10(2)12(7-8-14)16-17-13/h3-6,10,12,16H,7-8H2,1-2H3,(H,15,17). The number of benzene rings is 1. The molecule has 2 N–H and O–H groups in total. The number of amidine groups is 1. The second kappa shape index (κ2) is 5.65. The number of hydrogen-bond donors (Lipinski definition) is 2. The van der Waals surface area contributed by atoms with Gasteiger partial charge in [-0.25, -0.2) is 10.4 Å². The molecule has 1 aromatic carbocycles. The molecule has 3 nitrogen and oxygen atoms in total. The van der Waals surface area contributed by atoms with Crippen molar-refractivity contribution in [2.24, 2.45) is 10.9 Å². The van der Waals surface area contributed by atoms with Crippen molar-refractivity contribution in [2.45, 2.75) is 26.3 Å². The van der Waals surface area contributed by atoms with Crippen molar-refractivity contribution < 1.29 is 0 Å². The summed E-state index contributed by atoms with van der Waals surface area (Å²) in [7, 11) is 0. The van der Waals surface area contributed by atoms with E-state index in [0.29, 0.717) is 12.0 Å². The number of rotatable bonds is 3. The van der Waals surface area contributed by atoms with Crippen LogP contribution in [0.2, 0.25) is 0 Å². The van der Waals surface area contributed by atoms with Gasteiger partial charge in [-0.15, -0.1) is 0 Å². The highest BCUT2D eigenvalue weighted by Crippen LogP contribution is 2.21. The molecule has 0 bridgehead atoms. The predicted octanol–water partition coefficient (Wildman–Crippen LogP) is 2.92. The summed E-state index contributed by atoms with van der Waals surface area (Å²) in [5.74, 6) is 1.46. The topological polar surface area (TPSA) is 36.4 Å². The fourth-order valence-corrected chi connectivity index (χ4v) is 2.48. The van der Waals surface area contributed by atoms with Gasteiger partial charge in [0.05, 0.1) is 5.69 Å². The number of halogens is 1. The fourth-order valence-electron chi connectivity index (χ4n) is 1.98. The van der Waals surface area contributed by atoms with E-state index >= 15 is 0 Å². The van der Waals surface area contributed by atoms with E-state index in [0.717, 1.165) is 23.3 Å². The molecule has 1 aliphatic rings. The van der Waals surface area contributed by atoms with Gasteiger partial charge in [-0.05, 0) is 25.0 Å². The fraction of sp³-hybridized carbons (Fsp3) is 0.462. The third-order valence-electron chi connectivity index (χ3n) is 3.20. The minimum atomic E-state index is 0.423. The number of alkyl halides is 1. The summed E-state index contributed by atoms with van der Waals surface area (Å²) in [6.45, 7) is 4.29. The smallest absolute Gasteiger partial charge is 0.121 e. The quantitative estimate of drug-likeness (QED) is 0.841. The van der Waals surface area contributed by atoms with Crippen LogP contribution in [0.1, 0.15) is 18.9 Å². The molecule has 1 heterocycles. The summed E-state index contributed by atoms with van der Waals surface area (Å²) >= 11 is 3.48. The van der Waals surface area contributed by atoms with Crippen LogP contribution in [0.25, 0.3) is 0 Å². The predicted molar refractivity (Wildman–Crippen MR) is 75.9 cm³/mol. The number of nitrogens with zero attached hydrogens (tertiary/aromatic N) is 1. The number of aliphatic imine (C=N–C) groups is 1. The summed E-state index contributed by atoms with van der Waals surface area (Å²) in [5.41, 5.74) is 8.73. The van der Waals surface area contributed by atoms with Crippen LogP contribution in [-0.2, 0) is 0 Å². The maximum absolute atomic E-state index is 4.70. The third-order valence-corrected chi connectivity index (χ3v) is 3.65. The maximum atomic E-state index is 4.70. The Morgan fingerprint density at radius 2 is 2.12 bits per heavy atom. The zero-order valence-corrected chi connectivity index (χ0v) is 11.8. The van der Waals surface area contributed by atoms with Crippen molar-refractivity contribution in [3.05, 3.63) is 29.8 Å². The molecule has 1 fully saturated rings. The highest BCUT2D eigenvalue weighted by atomic mass is 79.9. The molecule has 0 radical (unpaired) electrons. The summed E-state index contributed by atoms with van der Waals surface area (Å²) in [6, 6.07) is 8.65. The number of para-hydroxylation sites is 1.